The Kier molecular flexibility index (Phi) is 5.71. The van der Waals surface area contributed by atoms with E-state index in [2.05, 4.69) is 0 Å². The lowest BCUT2D eigenvalue weighted by Crippen LogP contribution is -2.36. The monoisotopic (exact) mass is 368 g/mol. The Morgan fingerprint density at radius 3 is 2.93 bits per heavy atom. The van der Waals surface area contributed by atoms with Gasteiger partial charge in [0.25, 0.3) is 11.6 Å². The van der Waals surface area contributed by atoms with Crippen LogP contribution in [-0.2, 0) is 4.79 Å². The minimum Gasteiger partial charge on any atom is -0.493 e. The normalized spacial score (nSPS) is 13.1. The predicted octanol–water partition coefficient (Wildman–Crippen LogP) is 3.82. The summed E-state index contributed by atoms with van der Waals surface area (Å²) in [5.41, 5.74) is 1.12. The molecule has 0 unspecified atom stereocenters. The summed E-state index contributed by atoms with van der Waals surface area (Å²) in [6, 6.07) is 11.7. The number of fused-ring (bicyclic) bond motifs is 1. The van der Waals surface area contributed by atoms with Gasteiger partial charge in [-0.25, -0.2) is 0 Å². The summed E-state index contributed by atoms with van der Waals surface area (Å²) in [7, 11) is 0. The van der Waals surface area contributed by atoms with Crippen molar-refractivity contribution in [2.75, 3.05) is 24.7 Å². The van der Waals surface area contributed by atoms with Gasteiger partial charge in [0.05, 0.1) is 23.8 Å². The molecule has 0 N–H and O–H groups in total. The number of para-hydroxylation sites is 1. The van der Waals surface area contributed by atoms with Crippen molar-refractivity contribution in [1.82, 2.24) is 0 Å². The quantitative estimate of drug-likeness (QED) is 0.440. The number of anilines is 1. The Morgan fingerprint density at radius 2 is 2.15 bits per heavy atom. The Hall–Kier alpha value is -3.35. The van der Waals surface area contributed by atoms with E-state index in [-0.39, 0.29) is 11.6 Å². The van der Waals surface area contributed by atoms with Crippen LogP contribution in [0.5, 0.6) is 11.5 Å². The second-order valence-electron chi connectivity index (χ2n) is 5.97. The van der Waals surface area contributed by atoms with Crippen molar-refractivity contribution in [2.24, 2.45) is 0 Å². The standard InChI is InChI=1S/C20H20N2O5/c1-2-12-26-18-6-4-3-5-15(18)7-10-20(23)21-11-13-27-19-9-8-16(22(24)25)14-17(19)21/h3-10,14H,2,11-13H2,1H3/b10-7+. The first-order valence-electron chi connectivity index (χ1n) is 8.73. The summed E-state index contributed by atoms with van der Waals surface area (Å²) >= 11 is 0. The smallest absolute Gasteiger partial charge is 0.271 e. The van der Waals surface area contributed by atoms with Crippen LogP contribution < -0.4 is 14.4 Å². The number of nitro benzene ring substituents is 1. The summed E-state index contributed by atoms with van der Waals surface area (Å²) in [5, 5.41) is 11.0. The molecule has 0 aliphatic carbocycles. The van der Waals surface area contributed by atoms with E-state index in [1.165, 1.54) is 29.2 Å². The Labute approximate surface area is 157 Å². The molecule has 2 aromatic carbocycles. The minimum atomic E-state index is -0.491. The molecule has 0 spiro atoms. The maximum Gasteiger partial charge on any atom is 0.271 e. The van der Waals surface area contributed by atoms with Gasteiger partial charge in [0, 0.05) is 23.8 Å². The fourth-order valence-corrected chi connectivity index (χ4v) is 2.76. The number of benzene rings is 2. The van der Waals surface area contributed by atoms with Gasteiger partial charge in [-0.05, 0) is 24.6 Å². The number of ether oxygens (including phenoxy) is 2. The van der Waals surface area contributed by atoms with Crippen LogP contribution in [0.15, 0.2) is 48.5 Å². The SMILES string of the molecule is CCCOc1ccccc1/C=C/C(=O)N1CCOc2ccc([N+](=O)[O-])cc21. The van der Waals surface area contributed by atoms with Crippen LogP contribution in [-0.4, -0.2) is 30.6 Å². The van der Waals surface area contributed by atoms with Gasteiger partial charge < -0.3 is 14.4 Å². The first-order chi connectivity index (χ1) is 13.1. The molecular weight excluding hydrogens is 348 g/mol. The average Bonchev–Trinajstić information content (AvgIpc) is 2.70. The third kappa shape index (κ3) is 4.25. The largest absolute Gasteiger partial charge is 0.493 e. The number of nitro groups is 1. The summed E-state index contributed by atoms with van der Waals surface area (Å²) in [5.74, 6) is 0.895. The lowest BCUT2D eigenvalue weighted by molar-refractivity contribution is -0.384. The van der Waals surface area contributed by atoms with Crippen LogP contribution >= 0.6 is 0 Å². The summed E-state index contributed by atoms with van der Waals surface area (Å²) in [4.78, 5) is 24.7. The van der Waals surface area contributed by atoms with E-state index in [1.54, 1.807) is 6.08 Å². The van der Waals surface area contributed by atoms with Crippen molar-refractivity contribution in [1.29, 1.82) is 0 Å². The van der Waals surface area contributed by atoms with Gasteiger partial charge in [0.2, 0.25) is 0 Å². The summed E-state index contributed by atoms with van der Waals surface area (Å²) < 4.78 is 11.2. The third-order valence-electron chi connectivity index (χ3n) is 4.07. The maximum absolute atomic E-state index is 12.7. The fraction of sp³-hybridized carbons (Fsp3) is 0.250. The highest BCUT2D eigenvalue weighted by molar-refractivity contribution is 6.05. The number of hydrogen-bond acceptors (Lipinski definition) is 5. The van der Waals surface area contributed by atoms with Gasteiger partial charge in [0.15, 0.2) is 0 Å². The van der Waals surface area contributed by atoms with Crippen molar-refractivity contribution in [3.05, 3.63) is 64.2 Å². The molecule has 1 aliphatic heterocycles. The number of nitrogens with zero attached hydrogens (tertiary/aromatic N) is 2. The molecular formula is C20H20N2O5. The van der Waals surface area contributed by atoms with Crippen molar-refractivity contribution in [3.8, 4) is 11.5 Å². The van der Waals surface area contributed by atoms with Gasteiger partial charge in [-0.1, -0.05) is 25.1 Å². The number of carbonyl (C=O) groups is 1. The van der Waals surface area contributed by atoms with Crippen LogP contribution in [0.4, 0.5) is 11.4 Å². The van der Waals surface area contributed by atoms with E-state index in [4.69, 9.17) is 9.47 Å². The van der Waals surface area contributed by atoms with Crippen molar-refractivity contribution in [3.63, 3.8) is 0 Å². The predicted molar refractivity (Wildman–Crippen MR) is 102 cm³/mol. The average molecular weight is 368 g/mol. The highest BCUT2D eigenvalue weighted by Gasteiger charge is 2.24. The molecule has 0 saturated carbocycles. The third-order valence-corrected chi connectivity index (χ3v) is 4.07. The molecule has 1 heterocycles. The lowest BCUT2D eigenvalue weighted by atomic mass is 10.1. The van der Waals surface area contributed by atoms with Crippen LogP contribution in [0.25, 0.3) is 6.08 Å². The molecule has 1 aliphatic rings. The number of non-ortho nitro benzene ring substituents is 1. The summed E-state index contributed by atoms with van der Waals surface area (Å²) in [6.45, 7) is 3.28. The first-order valence-corrected chi connectivity index (χ1v) is 8.73. The molecule has 0 aromatic heterocycles. The Balaban J connectivity index is 1.83. The van der Waals surface area contributed by atoms with E-state index in [0.29, 0.717) is 36.9 Å². The topological polar surface area (TPSA) is 81.9 Å². The molecule has 0 bridgehead atoms. The van der Waals surface area contributed by atoms with Crippen LogP contribution in [0.1, 0.15) is 18.9 Å². The van der Waals surface area contributed by atoms with Gasteiger partial charge in [0.1, 0.15) is 18.1 Å². The molecule has 7 heteroatoms. The van der Waals surface area contributed by atoms with Gasteiger partial charge in [-0.15, -0.1) is 0 Å². The molecule has 0 atom stereocenters. The highest BCUT2D eigenvalue weighted by Crippen LogP contribution is 2.35. The molecule has 1 amide bonds. The number of carbonyl (C=O) groups excluding carboxylic acids is 1. The molecule has 27 heavy (non-hydrogen) atoms. The van der Waals surface area contributed by atoms with Gasteiger partial charge in [-0.2, -0.15) is 0 Å². The Morgan fingerprint density at radius 1 is 1.33 bits per heavy atom. The van der Waals surface area contributed by atoms with Crippen LogP contribution in [0.3, 0.4) is 0 Å². The van der Waals surface area contributed by atoms with Crippen molar-refractivity contribution < 1.29 is 19.2 Å². The zero-order valence-electron chi connectivity index (χ0n) is 15.0. The van der Waals surface area contributed by atoms with Crippen LogP contribution in [0.2, 0.25) is 0 Å². The Bertz CT molecular complexity index is 878. The van der Waals surface area contributed by atoms with E-state index in [1.807, 2.05) is 31.2 Å². The molecule has 0 saturated heterocycles. The molecule has 140 valence electrons. The first kappa shape index (κ1) is 18.4. The van der Waals surface area contributed by atoms with E-state index in [9.17, 15) is 14.9 Å². The highest BCUT2D eigenvalue weighted by atomic mass is 16.6. The maximum atomic E-state index is 12.7. The zero-order chi connectivity index (χ0) is 19.2. The zero-order valence-corrected chi connectivity index (χ0v) is 15.0. The minimum absolute atomic E-state index is 0.0839. The molecule has 2 aromatic rings. The molecule has 7 nitrogen and oxygen atoms in total. The molecule has 0 fully saturated rings. The van der Waals surface area contributed by atoms with E-state index in [0.717, 1.165) is 12.0 Å². The molecule has 3 rings (SSSR count). The lowest BCUT2D eigenvalue weighted by Gasteiger charge is -2.28. The van der Waals surface area contributed by atoms with E-state index >= 15 is 0 Å². The number of amides is 1. The van der Waals surface area contributed by atoms with Gasteiger partial charge >= 0.3 is 0 Å². The van der Waals surface area contributed by atoms with Crippen LogP contribution in [0, 0.1) is 10.1 Å². The van der Waals surface area contributed by atoms with E-state index < -0.39 is 4.92 Å². The number of hydrogen-bond donors (Lipinski definition) is 0. The van der Waals surface area contributed by atoms with Crippen molar-refractivity contribution >= 4 is 23.4 Å². The second-order valence-corrected chi connectivity index (χ2v) is 5.97. The molecule has 0 radical (unpaired) electrons. The number of rotatable bonds is 6. The van der Waals surface area contributed by atoms with Crippen molar-refractivity contribution in [2.45, 2.75) is 13.3 Å². The van der Waals surface area contributed by atoms with Gasteiger partial charge in [-0.3, -0.25) is 14.9 Å². The summed E-state index contributed by atoms with van der Waals surface area (Å²) in [6.07, 6.45) is 4.03. The fourth-order valence-electron chi connectivity index (χ4n) is 2.76. The second kappa shape index (κ2) is 8.35.